The van der Waals surface area contributed by atoms with Crippen LogP contribution < -0.4 is 5.32 Å². The van der Waals surface area contributed by atoms with E-state index in [-0.39, 0.29) is 22.2 Å². The molecule has 0 aliphatic heterocycles. The number of nitrogens with zero attached hydrogens (tertiary/aromatic N) is 1. The number of carbonyl (C=O) groups excluding carboxylic acids is 1. The van der Waals surface area contributed by atoms with Gasteiger partial charge in [-0.05, 0) is 43.2 Å². The predicted molar refractivity (Wildman–Crippen MR) is 103 cm³/mol. The Morgan fingerprint density at radius 1 is 1.07 bits per heavy atom. The number of hydrogen-bond acceptors (Lipinski definition) is 3. The Morgan fingerprint density at radius 3 is 2.50 bits per heavy atom. The third-order valence-electron chi connectivity index (χ3n) is 5.04. The summed E-state index contributed by atoms with van der Waals surface area (Å²) in [6.45, 7) is 0. The van der Waals surface area contributed by atoms with Crippen molar-refractivity contribution in [2.75, 3.05) is 12.4 Å². The largest absolute Gasteiger partial charge is 0.319 e. The van der Waals surface area contributed by atoms with E-state index in [4.69, 9.17) is 0 Å². The van der Waals surface area contributed by atoms with Crippen molar-refractivity contribution >= 4 is 21.6 Å². The third-order valence-corrected chi connectivity index (χ3v) is 6.94. The van der Waals surface area contributed by atoms with E-state index in [1.54, 1.807) is 7.05 Å². The summed E-state index contributed by atoms with van der Waals surface area (Å²) in [5.41, 5.74) is -0.264. The summed E-state index contributed by atoms with van der Waals surface area (Å²) < 4.78 is 54.3. The lowest BCUT2D eigenvalue weighted by Crippen LogP contribution is -2.38. The van der Waals surface area contributed by atoms with Crippen molar-refractivity contribution in [2.24, 2.45) is 0 Å². The Bertz CT molecular complexity index is 973. The van der Waals surface area contributed by atoms with Crippen molar-refractivity contribution in [3.63, 3.8) is 0 Å². The summed E-state index contributed by atoms with van der Waals surface area (Å²) in [7, 11) is -2.21. The fourth-order valence-corrected chi connectivity index (χ4v) is 4.86. The molecule has 8 heteroatoms. The van der Waals surface area contributed by atoms with E-state index < -0.39 is 27.6 Å². The van der Waals surface area contributed by atoms with Gasteiger partial charge in [-0.2, -0.15) is 4.31 Å². The highest BCUT2D eigenvalue weighted by molar-refractivity contribution is 7.89. The maximum absolute atomic E-state index is 13.7. The third kappa shape index (κ3) is 4.39. The number of anilines is 1. The first kappa shape index (κ1) is 20.4. The Kier molecular flexibility index (Phi) is 6.10. The zero-order chi connectivity index (χ0) is 20.3. The second kappa shape index (κ2) is 8.36. The zero-order valence-electron chi connectivity index (χ0n) is 15.5. The highest BCUT2D eigenvalue weighted by Crippen LogP contribution is 2.27. The molecule has 150 valence electrons. The Hall–Kier alpha value is -2.32. The average Bonchev–Trinajstić information content (AvgIpc) is 2.71. The molecule has 1 aliphatic rings. The molecule has 0 bridgehead atoms. The SMILES string of the molecule is CN(C1CCCCC1)S(=O)(=O)c1cccc(C(=O)Nc2cc(F)ccc2F)c1. The molecule has 1 fully saturated rings. The zero-order valence-corrected chi connectivity index (χ0v) is 16.3. The van der Waals surface area contributed by atoms with Gasteiger partial charge in [0.15, 0.2) is 0 Å². The lowest BCUT2D eigenvalue weighted by atomic mass is 9.96. The molecule has 0 unspecified atom stereocenters. The van der Waals surface area contributed by atoms with Crippen molar-refractivity contribution in [1.82, 2.24) is 4.31 Å². The van der Waals surface area contributed by atoms with Crippen LogP contribution in [0.25, 0.3) is 0 Å². The number of amides is 1. The van der Waals surface area contributed by atoms with Crippen molar-refractivity contribution in [1.29, 1.82) is 0 Å². The molecule has 0 radical (unpaired) electrons. The summed E-state index contributed by atoms with van der Waals surface area (Å²) in [5, 5.41) is 2.28. The minimum atomic E-state index is -3.76. The van der Waals surface area contributed by atoms with Gasteiger partial charge >= 0.3 is 0 Å². The molecule has 28 heavy (non-hydrogen) atoms. The van der Waals surface area contributed by atoms with Gasteiger partial charge in [-0.3, -0.25) is 4.79 Å². The van der Waals surface area contributed by atoms with Crippen molar-refractivity contribution in [3.05, 3.63) is 59.7 Å². The molecule has 0 atom stereocenters. The first-order chi connectivity index (χ1) is 13.3. The summed E-state index contributed by atoms with van der Waals surface area (Å²) in [6, 6.07) is 8.21. The first-order valence-electron chi connectivity index (χ1n) is 9.13. The first-order valence-corrected chi connectivity index (χ1v) is 10.6. The van der Waals surface area contributed by atoms with Gasteiger partial charge in [-0.1, -0.05) is 25.3 Å². The molecule has 1 N–H and O–H groups in total. The van der Waals surface area contributed by atoms with Crippen LogP contribution in [-0.2, 0) is 10.0 Å². The number of carbonyl (C=O) groups is 1. The van der Waals surface area contributed by atoms with Gasteiger partial charge in [0, 0.05) is 24.7 Å². The topological polar surface area (TPSA) is 66.5 Å². The molecule has 1 amide bonds. The van der Waals surface area contributed by atoms with Crippen molar-refractivity contribution in [2.45, 2.75) is 43.0 Å². The monoisotopic (exact) mass is 408 g/mol. The Labute approximate surface area is 163 Å². The van der Waals surface area contributed by atoms with Crippen LogP contribution >= 0.6 is 0 Å². The van der Waals surface area contributed by atoms with Gasteiger partial charge in [0.1, 0.15) is 11.6 Å². The molecule has 1 saturated carbocycles. The number of benzene rings is 2. The normalized spacial score (nSPS) is 15.6. The molecule has 5 nitrogen and oxygen atoms in total. The van der Waals surface area contributed by atoms with Crippen LogP contribution in [0.5, 0.6) is 0 Å². The highest BCUT2D eigenvalue weighted by atomic mass is 32.2. The average molecular weight is 408 g/mol. The van der Waals surface area contributed by atoms with Gasteiger partial charge in [0.05, 0.1) is 10.6 Å². The van der Waals surface area contributed by atoms with E-state index in [1.165, 1.54) is 28.6 Å². The predicted octanol–water partition coefficient (Wildman–Crippen LogP) is 4.17. The maximum atomic E-state index is 13.7. The van der Waals surface area contributed by atoms with Gasteiger partial charge in [-0.25, -0.2) is 17.2 Å². The van der Waals surface area contributed by atoms with Crippen molar-refractivity contribution in [3.8, 4) is 0 Å². The summed E-state index contributed by atoms with van der Waals surface area (Å²) in [5.74, 6) is -2.19. The molecule has 0 heterocycles. The molecule has 2 aromatic carbocycles. The molecular weight excluding hydrogens is 386 g/mol. The molecule has 0 saturated heterocycles. The van der Waals surface area contributed by atoms with Crippen LogP contribution in [0.4, 0.5) is 14.5 Å². The number of nitrogens with one attached hydrogen (secondary N) is 1. The number of sulfonamides is 1. The summed E-state index contributed by atoms with van der Waals surface area (Å²) in [4.78, 5) is 12.4. The fraction of sp³-hybridized carbons (Fsp3) is 0.350. The Balaban J connectivity index is 1.82. The van der Waals surface area contributed by atoms with Gasteiger partial charge in [-0.15, -0.1) is 0 Å². The van der Waals surface area contributed by atoms with E-state index in [0.717, 1.165) is 50.3 Å². The summed E-state index contributed by atoms with van der Waals surface area (Å²) in [6.07, 6.45) is 4.72. The highest BCUT2D eigenvalue weighted by Gasteiger charge is 2.29. The van der Waals surface area contributed by atoms with E-state index in [1.807, 2.05) is 0 Å². The van der Waals surface area contributed by atoms with Gasteiger partial charge < -0.3 is 5.32 Å². The minimum absolute atomic E-state index is 0.00654. The molecule has 1 aliphatic carbocycles. The molecular formula is C20H22F2N2O3S. The fourth-order valence-electron chi connectivity index (χ4n) is 3.39. The van der Waals surface area contributed by atoms with E-state index in [2.05, 4.69) is 5.32 Å². The van der Waals surface area contributed by atoms with Gasteiger partial charge in [0.2, 0.25) is 10.0 Å². The van der Waals surface area contributed by atoms with Gasteiger partial charge in [0.25, 0.3) is 5.91 Å². The lowest BCUT2D eigenvalue weighted by Gasteiger charge is -2.30. The van der Waals surface area contributed by atoms with Crippen LogP contribution in [0.3, 0.4) is 0 Å². The minimum Gasteiger partial charge on any atom is -0.319 e. The molecule has 2 aromatic rings. The van der Waals surface area contributed by atoms with E-state index in [0.29, 0.717) is 0 Å². The number of hydrogen-bond donors (Lipinski definition) is 1. The molecule has 0 aromatic heterocycles. The number of rotatable bonds is 5. The van der Waals surface area contributed by atoms with Crippen LogP contribution in [0.1, 0.15) is 42.5 Å². The molecule has 3 rings (SSSR count). The lowest BCUT2D eigenvalue weighted by molar-refractivity contribution is 0.102. The quantitative estimate of drug-likeness (QED) is 0.808. The second-order valence-electron chi connectivity index (χ2n) is 6.92. The molecule has 0 spiro atoms. The van der Waals surface area contributed by atoms with Crippen LogP contribution in [0, 0.1) is 11.6 Å². The standard InChI is InChI=1S/C20H22F2N2O3S/c1-24(16-7-3-2-4-8-16)28(26,27)17-9-5-6-14(12-17)20(25)23-19-13-15(21)10-11-18(19)22/h5-6,9-13,16H,2-4,7-8H2,1H3,(H,23,25). The smallest absolute Gasteiger partial charge is 0.255 e. The van der Waals surface area contributed by atoms with Crippen LogP contribution in [0.15, 0.2) is 47.4 Å². The second-order valence-corrected chi connectivity index (χ2v) is 8.92. The van der Waals surface area contributed by atoms with E-state index in [9.17, 15) is 22.0 Å². The van der Waals surface area contributed by atoms with Crippen LogP contribution in [-0.4, -0.2) is 31.7 Å². The number of halogens is 2. The summed E-state index contributed by atoms with van der Waals surface area (Å²) >= 11 is 0. The van der Waals surface area contributed by atoms with Crippen molar-refractivity contribution < 1.29 is 22.0 Å². The maximum Gasteiger partial charge on any atom is 0.255 e. The Morgan fingerprint density at radius 2 is 1.79 bits per heavy atom. The van der Waals surface area contributed by atoms with Crippen LogP contribution in [0.2, 0.25) is 0 Å². The van der Waals surface area contributed by atoms with E-state index >= 15 is 0 Å².